The summed E-state index contributed by atoms with van der Waals surface area (Å²) in [4.78, 5) is 22.6. The number of hydrogen-bond acceptors (Lipinski definition) is 4. The lowest BCUT2D eigenvalue weighted by molar-refractivity contribution is -0.125. The van der Waals surface area contributed by atoms with Crippen molar-refractivity contribution >= 4 is 22.5 Å². The van der Waals surface area contributed by atoms with E-state index in [1.54, 1.807) is 26.4 Å². The van der Waals surface area contributed by atoms with Gasteiger partial charge in [-0.2, -0.15) is 0 Å². The largest absolute Gasteiger partial charge is 0.496 e. The molecular weight excluding hydrogens is 419 g/mol. The minimum atomic E-state index is -0.301. The van der Waals surface area contributed by atoms with Crippen molar-refractivity contribution in [2.45, 2.75) is 44.2 Å². The third kappa shape index (κ3) is 4.02. The van der Waals surface area contributed by atoms with E-state index >= 15 is 0 Å². The summed E-state index contributed by atoms with van der Waals surface area (Å²) in [7, 11) is 3.31. The van der Waals surface area contributed by atoms with Crippen LogP contribution < -0.4 is 10.1 Å². The van der Waals surface area contributed by atoms with Gasteiger partial charge in [-0.1, -0.05) is 6.08 Å². The fourth-order valence-electron chi connectivity index (χ4n) is 5.37. The molecule has 1 saturated heterocycles. The summed E-state index contributed by atoms with van der Waals surface area (Å²) in [6.45, 7) is 0.987. The van der Waals surface area contributed by atoms with Crippen LogP contribution in [0.5, 0.6) is 5.75 Å². The Morgan fingerprint density at radius 1 is 1.24 bits per heavy atom. The number of ether oxygens (including phenoxy) is 1. The first-order valence-corrected chi connectivity index (χ1v) is 11.6. The van der Waals surface area contributed by atoms with E-state index in [1.807, 2.05) is 6.07 Å². The van der Waals surface area contributed by atoms with E-state index < -0.39 is 0 Å². The minimum Gasteiger partial charge on any atom is -0.496 e. The molecule has 2 N–H and O–H groups in total. The maximum absolute atomic E-state index is 14.0. The fourth-order valence-corrected chi connectivity index (χ4v) is 5.37. The average Bonchev–Trinajstić information content (AvgIpc) is 3.51. The number of nitrogens with one attached hydrogen (secondary N) is 2. The van der Waals surface area contributed by atoms with Crippen molar-refractivity contribution in [1.82, 2.24) is 20.2 Å². The van der Waals surface area contributed by atoms with Crippen LogP contribution in [0.2, 0.25) is 0 Å². The van der Waals surface area contributed by atoms with Crippen molar-refractivity contribution in [3.63, 3.8) is 0 Å². The van der Waals surface area contributed by atoms with Gasteiger partial charge in [0.2, 0.25) is 5.91 Å². The van der Waals surface area contributed by atoms with Crippen LogP contribution in [0.4, 0.5) is 4.39 Å². The Hall–Kier alpha value is -3.19. The van der Waals surface area contributed by atoms with Gasteiger partial charge in [0, 0.05) is 35.9 Å². The van der Waals surface area contributed by atoms with Gasteiger partial charge < -0.3 is 15.0 Å². The number of aromatic nitrogens is 2. The van der Waals surface area contributed by atoms with Crippen LogP contribution in [0.15, 0.2) is 42.6 Å². The number of H-pyrrole nitrogens is 1. The highest BCUT2D eigenvalue weighted by Gasteiger charge is 2.35. The van der Waals surface area contributed by atoms with Crippen LogP contribution in [0, 0.1) is 5.82 Å². The topological polar surface area (TPSA) is 70.2 Å². The lowest BCUT2D eigenvalue weighted by Crippen LogP contribution is -2.47. The molecule has 2 atom stereocenters. The van der Waals surface area contributed by atoms with Crippen LogP contribution in [0.1, 0.15) is 37.8 Å². The Bertz CT molecular complexity index is 1220. The van der Waals surface area contributed by atoms with Gasteiger partial charge in [-0.3, -0.25) is 9.69 Å². The summed E-state index contributed by atoms with van der Waals surface area (Å²) >= 11 is 0. The molecule has 3 heterocycles. The number of aromatic amines is 1. The molecule has 0 bridgehead atoms. The molecule has 5 rings (SSSR count). The second-order valence-electron chi connectivity index (χ2n) is 8.82. The van der Waals surface area contributed by atoms with Gasteiger partial charge in [0.05, 0.1) is 13.2 Å². The summed E-state index contributed by atoms with van der Waals surface area (Å²) in [6.07, 6.45) is 8.92. The maximum atomic E-state index is 14.0. The highest BCUT2D eigenvalue weighted by molar-refractivity contribution is 5.96. The molecule has 6 nitrogen and oxygen atoms in total. The molecule has 1 fully saturated rings. The zero-order valence-corrected chi connectivity index (χ0v) is 19.0. The zero-order valence-electron chi connectivity index (χ0n) is 19.0. The van der Waals surface area contributed by atoms with Crippen molar-refractivity contribution in [3.05, 3.63) is 54.1 Å². The molecule has 172 valence electrons. The standard InChI is InChI=1S/C26H29FN4O2/c1-28-26(32)23-4-3-13-31(23)18-8-5-16(6-9-18)22-15-21-19(11-12-29-25(21)30-22)20-14-17(27)7-10-24(20)33-2/h5,7,10-12,14-15,18,23H,3-4,6,8-9,13H2,1-2H3,(H,28,32)(H,29,30)/t18?,23-/m0/s1. The molecule has 7 heteroatoms. The average molecular weight is 449 g/mol. The summed E-state index contributed by atoms with van der Waals surface area (Å²) in [6, 6.07) is 8.96. The molecule has 0 saturated carbocycles. The molecule has 1 amide bonds. The second-order valence-corrected chi connectivity index (χ2v) is 8.82. The van der Waals surface area contributed by atoms with E-state index in [4.69, 9.17) is 4.74 Å². The van der Waals surface area contributed by atoms with Gasteiger partial charge in [-0.25, -0.2) is 9.37 Å². The van der Waals surface area contributed by atoms with Gasteiger partial charge in [-0.05, 0) is 80.1 Å². The molecule has 2 aromatic heterocycles. The number of nitrogens with zero attached hydrogens (tertiary/aromatic N) is 2. The molecule has 0 spiro atoms. The van der Waals surface area contributed by atoms with E-state index in [2.05, 4.69) is 32.3 Å². The van der Waals surface area contributed by atoms with Crippen LogP contribution in [-0.2, 0) is 4.79 Å². The summed E-state index contributed by atoms with van der Waals surface area (Å²) in [5, 5.41) is 3.76. The Labute approximate surface area is 192 Å². The Morgan fingerprint density at radius 2 is 2.12 bits per heavy atom. The third-order valence-corrected chi connectivity index (χ3v) is 7.03. The molecule has 1 aliphatic heterocycles. The molecule has 1 unspecified atom stereocenters. The number of methoxy groups -OCH3 is 1. The number of likely N-dealkylation sites (tertiary alicyclic amines) is 1. The number of hydrogen-bond donors (Lipinski definition) is 2. The molecule has 1 aliphatic carbocycles. The van der Waals surface area contributed by atoms with Gasteiger partial charge in [-0.15, -0.1) is 0 Å². The number of allylic oxidation sites excluding steroid dienone is 1. The van der Waals surface area contributed by atoms with Crippen LogP contribution in [0.3, 0.4) is 0 Å². The lowest BCUT2D eigenvalue weighted by atomic mass is 9.91. The highest BCUT2D eigenvalue weighted by Crippen LogP contribution is 2.38. The number of amides is 1. The van der Waals surface area contributed by atoms with Crippen LogP contribution in [-0.4, -0.2) is 53.6 Å². The maximum Gasteiger partial charge on any atom is 0.237 e. The SMILES string of the molecule is CNC(=O)[C@@H]1CCCN1C1CC=C(c2cc3c(-c4cc(F)ccc4OC)ccnc3[nH]2)CC1. The molecule has 2 aliphatic rings. The number of fused-ring (bicyclic) bond motifs is 1. The number of halogens is 1. The number of pyridine rings is 1. The number of carbonyl (C=O) groups is 1. The summed E-state index contributed by atoms with van der Waals surface area (Å²) in [5.74, 6) is 0.455. The van der Waals surface area contributed by atoms with Crippen molar-refractivity contribution in [2.24, 2.45) is 0 Å². The van der Waals surface area contributed by atoms with E-state index in [1.165, 1.54) is 17.7 Å². The third-order valence-electron chi connectivity index (χ3n) is 7.03. The first kappa shape index (κ1) is 21.6. The monoisotopic (exact) mass is 448 g/mol. The Morgan fingerprint density at radius 3 is 2.88 bits per heavy atom. The molecule has 3 aromatic rings. The fraction of sp³-hybridized carbons (Fsp3) is 0.385. The lowest BCUT2D eigenvalue weighted by Gasteiger charge is -2.34. The van der Waals surface area contributed by atoms with Gasteiger partial charge in [0.1, 0.15) is 17.2 Å². The first-order chi connectivity index (χ1) is 16.1. The predicted molar refractivity (Wildman–Crippen MR) is 127 cm³/mol. The number of benzene rings is 1. The van der Waals surface area contributed by atoms with E-state index in [9.17, 15) is 9.18 Å². The molecular formula is C26H29FN4O2. The second kappa shape index (κ2) is 8.98. The van der Waals surface area contributed by atoms with Gasteiger partial charge in [0.25, 0.3) is 0 Å². The number of likely N-dealkylation sites (N-methyl/N-ethyl adjacent to an activating group) is 1. The van der Waals surface area contributed by atoms with Gasteiger partial charge in [0.15, 0.2) is 0 Å². The van der Waals surface area contributed by atoms with Crippen LogP contribution >= 0.6 is 0 Å². The smallest absolute Gasteiger partial charge is 0.237 e. The zero-order chi connectivity index (χ0) is 22.9. The highest BCUT2D eigenvalue weighted by atomic mass is 19.1. The first-order valence-electron chi connectivity index (χ1n) is 11.6. The van der Waals surface area contributed by atoms with E-state index in [0.29, 0.717) is 17.4 Å². The molecule has 33 heavy (non-hydrogen) atoms. The quantitative estimate of drug-likeness (QED) is 0.602. The Kier molecular flexibility index (Phi) is 5.89. The van der Waals surface area contributed by atoms with E-state index in [0.717, 1.165) is 60.9 Å². The summed E-state index contributed by atoms with van der Waals surface area (Å²) < 4.78 is 19.5. The van der Waals surface area contributed by atoms with E-state index in [-0.39, 0.29) is 17.8 Å². The van der Waals surface area contributed by atoms with Crippen molar-refractivity contribution in [2.75, 3.05) is 20.7 Å². The van der Waals surface area contributed by atoms with Crippen molar-refractivity contribution < 1.29 is 13.9 Å². The van der Waals surface area contributed by atoms with Gasteiger partial charge >= 0.3 is 0 Å². The molecule has 1 aromatic carbocycles. The summed E-state index contributed by atoms with van der Waals surface area (Å²) in [5.41, 5.74) is 4.68. The van der Waals surface area contributed by atoms with Crippen molar-refractivity contribution in [1.29, 1.82) is 0 Å². The molecule has 0 radical (unpaired) electrons. The number of rotatable bonds is 5. The predicted octanol–water partition coefficient (Wildman–Crippen LogP) is 4.52. The van der Waals surface area contributed by atoms with Crippen molar-refractivity contribution in [3.8, 4) is 16.9 Å². The van der Waals surface area contributed by atoms with Crippen LogP contribution in [0.25, 0.3) is 27.7 Å². The number of carbonyl (C=O) groups excluding carboxylic acids is 1. The minimum absolute atomic E-state index is 0.00367. The Balaban J connectivity index is 1.43. The normalized spacial score (nSPS) is 21.2.